The average Bonchev–Trinajstić information content (AvgIpc) is 2.81. The number of allylic oxidation sites excluding steroid dienone is 1. The number of nitrogens with zero attached hydrogens (tertiary/aromatic N) is 2. The molecule has 0 aliphatic carbocycles. The molecule has 1 fully saturated rings. The summed E-state index contributed by atoms with van der Waals surface area (Å²) in [5.41, 5.74) is 0.758. The van der Waals surface area contributed by atoms with Crippen LogP contribution < -0.4 is 10.1 Å². The lowest BCUT2D eigenvalue weighted by Gasteiger charge is -2.31. The van der Waals surface area contributed by atoms with E-state index in [2.05, 4.69) is 27.3 Å². The minimum Gasteiger partial charge on any atom is -0.496 e. The van der Waals surface area contributed by atoms with Crippen LogP contribution in [0.25, 0.3) is 0 Å². The quantitative estimate of drug-likeness (QED) is 0.442. The Morgan fingerprint density at radius 3 is 2.66 bits per heavy atom. The van der Waals surface area contributed by atoms with Crippen molar-refractivity contribution in [3.05, 3.63) is 38.8 Å². The Morgan fingerprint density at radius 1 is 1.34 bits per heavy atom. The lowest BCUT2D eigenvalue weighted by atomic mass is 9.78. The van der Waals surface area contributed by atoms with E-state index in [9.17, 15) is 19.6 Å². The van der Waals surface area contributed by atoms with Crippen molar-refractivity contribution >= 4 is 45.5 Å². The van der Waals surface area contributed by atoms with E-state index >= 15 is 0 Å². The van der Waals surface area contributed by atoms with Crippen LogP contribution in [0.15, 0.2) is 33.3 Å². The zero-order valence-corrected chi connectivity index (χ0v) is 20.0. The average molecular weight is 524 g/mol. The Bertz CT molecular complexity index is 986. The van der Waals surface area contributed by atoms with Gasteiger partial charge in [0, 0.05) is 19.0 Å². The van der Waals surface area contributed by atoms with E-state index in [1.165, 1.54) is 14.2 Å². The van der Waals surface area contributed by atoms with Crippen molar-refractivity contribution < 1.29 is 28.6 Å². The van der Waals surface area contributed by atoms with Crippen molar-refractivity contribution in [1.29, 1.82) is 5.26 Å². The van der Waals surface area contributed by atoms with Crippen LogP contribution in [0.1, 0.15) is 11.5 Å². The monoisotopic (exact) mass is 523 g/mol. The zero-order valence-electron chi connectivity index (χ0n) is 17.6. The first-order valence-electron chi connectivity index (χ1n) is 9.76. The Balaban J connectivity index is 1.95. The number of amides is 2. The van der Waals surface area contributed by atoms with Crippen molar-refractivity contribution in [1.82, 2.24) is 10.2 Å². The van der Waals surface area contributed by atoms with Crippen LogP contribution in [-0.4, -0.2) is 69.0 Å². The van der Waals surface area contributed by atoms with Crippen LogP contribution in [-0.2, 0) is 23.9 Å². The number of morpholine rings is 1. The Hall–Kier alpha value is -2.55. The summed E-state index contributed by atoms with van der Waals surface area (Å²) in [7, 11) is 2.71. The third-order valence-electron chi connectivity index (χ3n) is 5.22. The minimum absolute atomic E-state index is 0.0444. The molecule has 0 spiro atoms. The molecule has 1 aromatic rings. The highest BCUT2D eigenvalue weighted by atomic mass is 79.9. The van der Waals surface area contributed by atoms with Crippen molar-refractivity contribution in [3.63, 3.8) is 0 Å². The number of halogens is 1. The Morgan fingerprint density at radius 2 is 2.06 bits per heavy atom. The fourth-order valence-corrected chi connectivity index (χ4v) is 5.10. The number of nitrogens with one attached hydrogen (secondary N) is 1. The second-order valence-corrected chi connectivity index (χ2v) is 8.84. The third-order valence-corrected chi connectivity index (χ3v) is 6.84. The van der Waals surface area contributed by atoms with Gasteiger partial charge in [-0.3, -0.25) is 14.4 Å². The van der Waals surface area contributed by atoms with Crippen molar-refractivity contribution in [2.24, 2.45) is 5.92 Å². The number of hydrogen-bond donors (Lipinski definition) is 1. The van der Waals surface area contributed by atoms with E-state index in [1.807, 2.05) is 0 Å². The topological polar surface area (TPSA) is 118 Å². The summed E-state index contributed by atoms with van der Waals surface area (Å²) in [5.74, 6) is -2.95. The standard InChI is InChI=1S/C21H22BrN3O6S/c1-29-15-4-3-12(9-14(15)22)17-13(10-23)20(24-19(27)18(17)21(28)30-2)32-11-16(26)25-5-7-31-8-6-25/h3-4,9,17-18H,5-8,11H2,1-2H3,(H,24,27)/t17-,18-/m0/s1. The molecule has 2 atom stereocenters. The molecule has 0 saturated carbocycles. The lowest BCUT2D eigenvalue weighted by Crippen LogP contribution is -2.45. The molecule has 1 aromatic carbocycles. The molecule has 2 amide bonds. The normalized spacial score (nSPS) is 20.9. The molecule has 170 valence electrons. The van der Waals surface area contributed by atoms with Gasteiger partial charge in [-0.25, -0.2) is 0 Å². The highest BCUT2D eigenvalue weighted by molar-refractivity contribution is 9.10. The van der Waals surface area contributed by atoms with Crippen LogP contribution in [0.3, 0.4) is 0 Å². The van der Waals surface area contributed by atoms with Crippen molar-refractivity contribution in [3.8, 4) is 11.8 Å². The summed E-state index contributed by atoms with van der Waals surface area (Å²) in [5, 5.41) is 12.8. The van der Waals surface area contributed by atoms with Crippen molar-refractivity contribution in [2.75, 3.05) is 46.3 Å². The molecular weight excluding hydrogens is 502 g/mol. The van der Waals surface area contributed by atoms with E-state index in [-0.39, 0.29) is 22.3 Å². The van der Waals surface area contributed by atoms with E-state index in [0.717, 1.165) is 11.8 Å². The number of benzene rings is 1. The van der Waals surface area contributed by atoms with Crippen LogP contribution >= 0.6 is 27.7 Å². The van der Waals surface area contributed by atoms with Gasteiger partial charge in [0.25, 0.3) is 0 Å². The molecule has 32 heavy (non-hydrogen) atoms. The molecule has 1 N–H and O–H groups in total. The summed E-state index contributed by atoms with van der Waals surface area (Å²) in [6.07, 6.45) is 0. The second kappa shape index (κ2) is 10.8. The number of esters is 1. The SMILES string of the molecule is COC(=O)[C@@H]1C(=O)NC(SCC(=O)N2CCOCC2)=C(C#N)[C@@H]1c1ccc(OC)c(Br)c1. The predicted octanol–water partition coefficient (Wildman–Crippen LogP) is 1.79. The molecule has 2 aliphatic heterocycles. The van der Waals surface area contributed by atoms with E-state index in [1.54, 1.807) is 23.1 Å². The van der Waals surface area contributed by atoms with Crippen LogP contribution in [0.5, 0.6) is 5.75 Å². The molecule has 2 aliphatic rings. The number of rotatable bonds is 6. The molecule has 9 nitrogen and oxygen atoms in total. The number of carbonyl (C=O) groups is 3. The van der Waals surface area contributed by atoms with E-state index in [4.69, 9.17) is 14.2 Å². The fourth-order valence-electron chi connectivity index (χ4n) is 3.59. The minimum atomic E-state index is -1.24. The fraction of sp³-hybridized carbons (Fsp3) is 0.429. The van der Waals surface area contributed by atoms with Gasteiger partial charge in [0.1, 0.15) is 11.7 Å². The van der Waals surface area contributed by atoms with Crippen LogP contribution in [0, 0.1) is 17.2 Å². The Labute approximate surface area is 198 Å². The Kier molecular flexibility index (Phi) is 8.17. The number of thioether (sulfide) groups is 1. The molecule has 0 bridgehead atoms. The number of carbonyl (C=O) groups excluding carboxylic acids is 3. The van der Waals surface area contributed by atoms with Gasteiger partial charge >= 0.3 is 5.97 Å². The van der Waals surface area contributed by atoms with Gasteiger partial charge in [0.05, 0.1) is 54.3 Å². The number of nitriles is 1. The second-order valence-electron chi connectivity index (χ2n) is 7.00. The van der Waals surface area contributed by atoms with Gasteiger partial charge in [-0.05, 0) is 33.6 Å². The van der Waals surface area contributed by atoms with Gasteiger partial charge < -0.3 is 24.4 Å². The maximum atomic E-state index is 12.9. The summed E-state index contributed by atoms with van der Waals surface area (Å²) >= 11 is 4.48. The summed E-state index contributed by atoms with van der Waals surface area (Å²) in [6, 6.07) is 7.21. The molecule has 0 unspecified atom stereocenters. The number of methoxy groups -OCH3 is 2. The van der Waals surface area contributed by atoms with Crippen LogP contribution in [0.2, 0.25) is 0 Å². The van der Waals surface area contributed by atoms with Gasteiger partial charge in [0.2, 0.25) is 11.8 Å². The smallest absolute Gasteiger partial charge is 0.319 e. The summed E-state index contributed by atoms with van der Waals surface area (Å²) in [4.78, 5) is 39.6. The first kappa shape index (κ1) is 24.1. The molecule has 2 heterocycles. The lowest BCUT2D eigenvalue weighted by molar-refractivity contribution is -0.150. The molecule has 0 aromatic heterocycles. The van der Waals surface area contributed by atoms with Gasteiger partial charge in [-0.1, -0.05) is 17.8 Å². The molecular formula is C21H22BrN3O6S. The summed E-state index contributed by atoms with van der Waals surface area (Å²) < 4.78 is 16.0. The molecule has 3 rings (SSSR count). The maximum Gasteiger partial charge on any atom is 0.319 e. The number of hydrogen-bond acceptors (Lipinski definition) is 8. The first-order chi connectivity index (χ1) is 15.4. The van der Waals surface area contributed by atoms with Gasteiger partial charge in [0.15, 0.2) is 0 Å². The van der Waals surface area contributed by atoms with Gasteiger partial charge in [-0.15, -0.1) is 0 Å². The zero-order chi connectivity index (χ0) is 23.3. The highest BCUT2D eigenvalue weighted by Crippen LogP contribution is 2.42. The van der Waals surface area contributed by atoms with Crippen molar-refractivity contribution in [2.45, 2.75) is 5.92 Å². The first-order valence-corrected chi connectivity index (χ1v) is 11.5. The number of ether oxygens (including phenoxy) is 3. The maximum absolute atomic E-state index is 12.9. The predicted molar refractivity (Wildman–Crippen MR) is 120 cm³/mol. The van der Waals surface area contributed by atoms with E-state index in [0.29, 0.717) is 42.1 Å². The highest BCUT2D eigenvalue weighted by Gasteiger charge is 2.44. The van der Waals surface area contributed by atoms with E-state index < -0.39 is 23.7 Å². The molecule has 0 radical (unpaired) electrons. The van der Waals surface area contributed by atoms with Crippen LogP contribution in [0.4, 0.5) is 0 Å². The molecule has 11 heteroatoms. The largest absolute Gasteiger partial charge is 0.496 e. The summed E-state index contributed by atoms with van der Waals surface area (Å²) in [6.45, 7) is 1.97. The van der Waals surface area contributed by atoms with Gasteiger partial charge in [-0.2, -0.15) is 5.26 Å². The molecule has 1 saturated heterocycles. The third kappa shape index (κ3) is 5.09.